The number of nitrogens with one attached hydrogen (secondary N) is 1. The third kappa shape index (κ3) is 5.57. The van der Waals surface area contributed by atoms with E-state index in [-0.39, 0.29) is 31.2 Å². The van der Waals surface area contributed by atoms with Gasteiger partial charge >= 0.3 is 0 Å². The minimum atomic E-state index is -0.366. The number of hydrogen-bond acceptors (Lipinski definition) is 7. The number of ether oxygens (including phenoxy) is 1. The van der Waals surface area contributed by atoms with E-state index in [2.05, 4.69) is 20.6 Å². The van der Waals surface area contributed by atoms with Crippen LogP contribution in [0.1, 0.15) is 0 Å². The number of aromatic nitrogens is 4. The van der Waals surface area contributed by atoms with Crippen molar-refractivity contribution in [1.82, 2.24) is 25.3 Å². The molecule has 1 N–H and O–H groups in total. The minimum absolute atomic E-state index is 0.199. The first-order valence-corrected chi connectivity index (χ1v) is 11.0. The van der Waals surface area contributed by atoms with Crippen LogP contribution in [-0.4, -0.2) is 39.0 Å². The summed E-state index contributed by atoms with van der Waals surface area (Å²) in [4.78, 5) is 25.3. The molecule has 1 aromatic carbocycles. The van der Waals surface area contributed by atoms with Crippen LogP contribution >= 0.6 is 22.9 Å². The van der Waals surface area contributed by atoms with Crippen LogP contribution in [0.5, 0.6) is 5.88 Å². The first-order chi connectivity index (χ1) is 15.6. The topological polar surface area (TPSA) is 99.0 Å². The van der Waals surface area contributed by atoms with Gasteiger partial charge in [0.25, 0.3) is 5.56 Å². The van der Waals surface area contributed by atoms with Crippen LogP contribution in [-0.2, 0) is 11.3 Å². The van der Waals surface area contributed by atoms with E-state index < -0.39 is 0 Å². The van der Waals surface area contributed by atoms with Crippen LogP contribution in [0.25, 0.3) is 21.8 Å². The van der Waals surface area contributed by atoms with Gasteiger partial charge in [-0.15, -0.1) is 21.5 Å². The molecule has 0 bridgehead atoms. The van der Waals surface area contributed by atoms with E-state index in [4.69, 9.17) is 16.3 Å². The first kappa shape index (κ1) is 21.7. The minimum Gasteiger partial charge on any atom is -0.475 e. The quantitative estimate of drug-likeness (QED) is 0.399. The summed E-state index contributed by atoms with van der Waals surface area (Å²) in [6, 6.07) is 17.5. The van der Waals surface area contributed by atoms with Crippen molar-refractivity contribution in [2.45, 2.75) is 6.54 Å². The van der Waals surface area contributed by atoms with Crippen molar-refractivity contribution in [2.24, 2.45) is 0 Å². The lowest BCUT2D eigenvalue weighted by Crippen LogP contribution is -2.35. The molecule has 0 aliphatic carbocycles. The van der Waals surface area contributed by atoms with Gasteiger partial charge in [0.2, 0.25) is 11.8 Å². The molecular formula is C22H18ClN5O3S. The number of hydrogen-bond donors (Lipinski definition) is 1. The summed E-state index contributed by atoms with van der Waals surface area (Å²) in [6.45, 7) is 0.264. The zero-order chi connectivity index (χ0) is 22.3. The smallest absolute Gasteiger partial charge is 0.267 e. The Balaban J connectivity index is 1.27. The van der Waals surface area contributed by atoms with Gasteiger partial charge in [-0.3, -0.25) is 9.59 Å². The number of thiophene rings is 1. The Morgan fingerprint density at radius 1 is 1.03 bits per heavy atom. The number of rotatable bonds is 8. The van der Waals surface area contributed by atoms with Crippen molar-refractivity contribution < 1.29 is 9.53 Å². The van der Waals surface area contributed by atoms with Crippen LogP contribution in [0.2, 0.25) is 5.02 Å². The summed E-state index contributed by atoms with van der Waals surface area (Å²) >= 11 is 7.49. The van der Waals surface area contributed by atoms with E-state index in [1.807, 2.05) is 23.6 Å². The lowest BCUT2D eigenvalue weighted by molar-refractivity contribution is -0.122. The molecule has 32 heavy (non-hydrogen) atoms. The van der Waals surface area contributed by atoms with Crippen molar-refractivity contribution in [1.29, 1.82) is 0 Å². The van der Waals surface area contributed by atoms with Crippen LogP contribution < -0.4 is 15.6 Å². The molecule has 162 valence electrons. The highest BCUT2D eigenvalue weighted by Gasteiger charge is 2.08. The Morgan fingerprint density at radius 2 is 1.84 bits per heavy atom. The van der Waals surface area contributed by atoms with Gasteiger partial charge < -0.3 is 10.1 Å². The van der Waals surface area contributed by atoms with Crippen molar-refractivity contribution in [2.75, 3.05) is 13.2 Å². The van der Waals surface area contributed by atoms with Crippen molar-refractivity contribution in [3.05, 3.63) is 81.4 Å². The van der Waals surface area contributed by atoms with Crippen LogP contribution in [0, 0.1) is 0 Å². The summed E-state index contributed by atoms with van der Waals surface area (Å²) in [7, 11) is 0. The van der Waals surface area contributed by atoms with Crippen molar-refractivity contribution >= 4 is 28.8 Å². The van der Waals surface area contributed by atoms with Crippen LogP contribution in [0.15, 0.2) is 70.8 Å². The summed E-state index contributed by atoms with van der Waals surface area (Å²) in [6.07, 6.45) is 0. The predicted molar refractivity (Wildman–Crippen MR) is 123 cm³/mol. The molecule has 3 heterocycles. The standard InChI is InChI=1S/C22H18ClN5O3S/c23-16-5-3-15(4-6-16)17-8-10-22(30)28(27-17)14-20(29)24-11-12-31-21-9-7-18(25-26-21)19-2-1-13-32-19/h1-10,13H,11-12,14H2,(H,24,29). The average molecular weight is 468 g/mol. The third-order valence-electron chi connectivity index (χ3n) is 4.39. The van der Waals surface area contributed by atoms with Gasteiger partial charge in [0.05, 0.1) is 17.1 Å². The molecule has 0 radical (unpaired) electrons. The van der Waals surface area contributed by atoms with E-state index in [0.717, 1.165) is 20.8 Å². The van der Waals surface area contributed by atoms with Gasteiger partial charge in [0.15, 0.2) is 0 Å². The molecular weight excluding hydrogens is 450 g/mol. The van der Waals surface area contributed by atoms with Crippen molar-refractivity contribution in [3.8, 4) is 27.7 Å². The number of carbonyl (C=O) groups is 1. The molecule has 0 fully saturated rings. The SMILES string of the molecule is O=C(Cn1nc(-c2ccc(Cl)cc2)ccc1=O)NCCOc1ccc(-c2cccs2)nn1. The molecule has 3 aromatic heterocycles. The van der Waals surface area contributed by atoms with Gasteiger partial charge in [0, 0.05) is 22.7 Å². The zero-order valence-corrected chi connectivity index (χ0v) is 18.3. The second kappa shape index (κ2) is 10.2. The maximum absolute atomic E-state index is 12.2. The van der Waals surface area contributed by atoms with E-state index in [1.165, 1.54) is 6.07 Å². The number of nitrogens with zero attached hydrogens (tertiary/aromatic N) is 4. The second-order valence-electron chi connectivity index (χ2n) is 6.65. The highest BCUT2D eigenvalue weighted by Crippen LogP contribution is 2.22. The Hall–Kier alpha value is -3.56. The summed E-state index contributed by atoms with van der Waals surface area (Å²) in [5.74, 6) is 0.0173. The fourth-order valence-corrected chi connectivity index (χ4v) is 3.64. The van der Waals surface area contributed by atoms with Gasteiger partial charge in [0.1, 0.15) is 18.8 Å². The summed E-state index contributed by atoms with van der Waals surface area (Å²) in [5.41, 5.74) is 1.78. The second-order valence-corrected chi connectivity index (χ2v) is 8.04. The third-order valence-corrected chi connectivity index (χ3v) is 5.53. The Bertz CT molecular complexity index is 1240. The molecule has 0 spiro atoms. The van der Waals surface area contributed by atoms with E-state index in [1.54, 1.807) is 47.7 Å². The number of benzene rings is 1. The number of amides is 1. The fraction of sp³-hybridized carbons (Fsp3) is 0.136. The molecule has 0 aliphatic rings. The molecule has 0 unspecified atom stereocenters. The number of halogens is 1. The first-order valence-electron chi connectivity index (χ1n) is 9.70. The highest BCUT2D eigenvalue weighted by molar-refractivity contribution is 7.13. The Labute approximate surface area is 192 Å². The monoisotopic (exact) mass is 467 g/mol. The summed E-state index contributed by atoms with van der Waals surface area (Å²) < 4.78 is 6.63. The predicted octanol–water partition coefficient (Wildman–Crippen LogP) is 3.28. The van der Waals surface area contributed by atoms with E-state index in [9.17, 15) is 9.59 Å². The molecule has 8 nitrogen and oxygen atoms in total. The van der Waals surface area contributed by atoms with Crippen LogP contribution in [0.3, 0.4) is 0 Å². The normalized spacial score (nSPS) is 10.7. The molecule has 0 saturated heterocycles. The molecule has 1 amide bonds. The molecule has 0 aliphatic heterocycles. The van der Waals surface area contributed by atoms with E-state index >= 15 is 0 Å². The molecule has 0 atom stereocenters. The molecule has 4 rings (SSSR count). The molecule has 10 heteroatoms. The van der Waals surface area contributed by atoms with Gasteiger partial charge in [-0.2, -0.15) is 5.10 Å². The Morgan fingerprint density at radius 3 is 2.56 bits per heavy atom. The van der Waals surface area contributed by atoms with Gasteiger partial charge in [-0.1, -0.05) is 29.8 Å². The molecule has 0 saturated carbocycles. The molecule has 4 aromatic rings. The van der Waals surface area contributed by atoms with Crippen molar-refractivity contribution in [3.63, 3.8) is 0 Å². The lowest BCUT2D eigenvalue weighted by atomic mass is 10.1. The summed E-state index contributed by atoms with van der Waals surface area (Å²) in [5, 5.41) is 17.7. The van der Waals surface area contributed by atoms with Crippen LogP contribution in [0.4, 0.5) is 0 Å². The Kier molecular flexibility index (Phi) is 6.88. The van der Waals surface area contributed by atoms with E-state index in [0.29, 0.717) is 16.6 Å². The van der Waals surface area contributed by atoms with Gasteiger partial charge in [-0.25, -0.2) is 4.68 Å². The maximum atomic E-state index is 12.2. The maximum Gasteiger partial charge on any atom is 0.267 e. The lowest BCUT2D eigenvalue weighted by Gasteiger charge is -2.09. The average Bonchev–Trinajstić information content (AvgIpc) is 3.34. The van der Waals surface area contributed by atoms with Gasteiger partial charge in [-0.05, 0) is 35.7 Å². The highest BCUT2D eigenvalue weighted by atomic mass is 35.5. The zero-order valence-electron chi connectivity index (χ0n) is 16.8. The largest absolute Gasteiger partial charge is 0.475 e. The fourth-order valence-electron chi connectivity index (χ4n) is 2.83. The number of carbonyl (C=O) groups excluding carboxylic acids is 1.